The second-order valence-electron chi connectivity index (χ2n) is 3.89. The van der Waals surface area contributed by atoms with Gasteiger partial charge in [0, 0.05) is 11.6 Å². The Balaban J connectivity index is 2.42. The van der Waals surface area contributed by atoms with Gasteiger partial charge in [0.25, 0.3) is 0 Å². The molecule has 1 saturated heterocycles. The molecule has 1 aliphatic heterocycles. The highest BCUT2D eigenvalue weighted by Gasteiger charge is 2.43. The summed E-state index contributed by atoms with van der Waals surface area (Å²) in [6, 6.07) is 7.16. The Hall–Kier alpha value is -1.10. The molecule has 0 aliphatic carbocycles. The molecule has 0 aromatic heterocycles. The van der Waals surface area contributed by atoms with E-state index in [-0.39, 0.29) is 12.6 Å². The van der Waals surface area contributed by atoms with Gasteiger partial charge in [0.15, 0.2) is 5.54 Å². The highest BCUT2D eigenvalue weighted by Crippen LogP contribution is 2.27. The highest BCUT2D eigenvalue weighted by molar-refractivity contribution is 6.30. The minimum Gasteiger partial charge on any atom is -0.467 e. The number of ether oxygens (including phenoxy) is 2. The van der Waals surface area contributed by atoms with E-state index in [2.05, 4.69) is 5.32 Å². The molecule has 2 rings (SSSR count). The molecule has 1 N–H and O–H groups in total. The SMILES string of the molecule is COC(=O)C1(c2cccc(Cl)c2)COCCN1. The van der Waals surface area contributed by atoms with Crippen molar-refractivity contribution in [1.82, 2.24) is 5.32 Å². The van der Waals surface area contributed by atoms with E-state index in [1.54, 1.807) is 18.2 Å². The Morgan fingerprint density at radius 1 is 1.59 bits per heavy atom. The number of benzene rings is 1. The van der Waals surface area contributed by atoms with Gasteiger partial charge < -0.3 is 9.47 Å². The summed E-state index contributed by atoms with van der Waals surface area (Å²) in [6.07, 6.45) is 0. The Bertz CT molecular complexity index is 416. The molecule has 0 radical (unpaired) electrons. The molecular weight excluding hydrogens is 242 g/mol. The first-order chi connectivity index (χ1) is 8.19. The molecule has 5 heteroatoms. The van der Waals surface area contributed by atoms with Crippen LogP contribution in [0.3, 0.4) is 0 Å². The van der Waals surface area contributed by atoms with E-state index < -0.39 is 5.54 Å². The monoisotopic (exact) mass is 255 g/mol. The molecule has 1 aliphatic rings. The number of nitrogens with one attached hydrogen (secondary N) is 1. The fourth-order valence-electron chi connectivity index (χ4n) is 1.98. The van der Waals surface area contributed by atoms with Crippen LogP contribution in [0.4, 0.5) is 0 Å². The number of halogens is 1. The Morgan fingerprint density at radius 3 is 3.00 bits per heavy atom. The minimum absolute atomic E-state index is 0.250. The van der Waals surface area contributed by atoms with Crippen LogP contribution in [0.2, 0.25) is 5.02 Å². The number of methoxy groups -OCH3 is 1. The molecule has 0 amide bonds. The van der Waals surface area contributed by atoms with Gasteiger partial charge in [-0.1, -0.05) is 23.7 Å². The molecule has 1 aromatic rings. The molecule has 1 heterocycles. The van der Waals surface area contributed by atoms with Gasteiger partial charge >= 0.3 is 5.97 Å². The van der Waals surface area contributed by atoms with Crippen LogP contribution in [0.5, 0.6) is 0 Å². The Morgan fingerprint density at radius 2 is 2.41 bits per heavy atom. The standard InChI is InChI=1S/C12H14ClNO3/c1-16-11(15)12(8-17-6-5-14-12)9-3-2-4-10(13)7-9/h2-4,7,14H,5-6,8H2,1H3. The van der Waals surface area contributed by atoms with Crippen molar-refractivity contribution in [2.45, 2.75) is 5.54 Å². The number of carbonyl (C=O) groups excluding carboxylic acids is 1. The summed E-state index contributed by atoms with van der Waals surface area (Å²) < 4.78 is 10.3. The Labute approximate surface area is 105 Å². The third kappa shape index (κ3) is 2.29. The fourth-order valence-corrected chi connectivity index (χ4v) is 2.17. The van der Waals surface area contributed by atoms with Crippen molar-refractivity contribution in [2.24, 2.45) is 0 Å². The van der Waals surface area contributed by atoms with Crippen LogP contribution in [0.15, 0.2) is 24.3 Å². The van der Waals surface area contributed by atoms with E-state index in [1.165, 1.54) is 7.11 Å². The van der Waals surface area contributed by atoms with Crippen molar-refractivity contribution in [2.75, 3.05) is 26.9 Å². The number of hydrogen-bond acceptors (Lipinski definition) is 4. The quantitative estimate of drug-likeness (QED) is 0.810. The average Bonchev–Trinajstić information content (AvgIpc) is 2.38. The summed E-state index contributed by atoms with van der Waals surface area (Å²) in [6.45, 7) is 1.43. The van der Waals surface area contributed by atoms with E-state index in [9.17, 15) is 4.79 Å². The van der Waals surface area contributed by atoms with Crippen molar-refractivity contribution >= 4 is 17.6 Å². The van der Waals surface area contributed by atoms with Crippen LogP contribution < -0.4 is 5.32 Å². The van der Waals surface area contributed by atoms with Gasteiger partial charge in [0.05, 0.1) is 20.3 Å². The maximum atomic E-state index is 12.0. The molecule has 1 aromatic carbocycles. The molecule has 0 spiro atoms. The summed E-state index contributed by atoms with van der Waals surface area (Å²) in [5.74, 6) is -0.362. The maximum Gasteiger partial charge on any atom is 0.333 e. The van der Waals surface area contributed by atoms with Crippen LogP contribution in [0, 0.1) is 0 Å². The van der Waals surface area contributed by atoms with Crippen LogP contribution in [0.1, 0.15) is 5.56 Å². The summed E-state index contributed by atoms with van der Waals surface area (Å²) in [4.78, 5) is 12.0. The van der Waals surface area contributed by atoms with Gasteiger partial charge in [0.1, 0.15) is 0 Å². The van der Waals surface area contributed by atoms with Crippen LogP contribution in [-0.4, -0.2) is 32.8 Å². The number of hydrogen-bond donors (Lipinski definition) is 1. The molecule has 0 saturated carbocycles. The van der Waals surface area contributed by atoms with E-state index in [0.29, 0.717) is 18.2 Å². The molecule has 17 heavy (non-hydrogen) atoms. The summed E-state index contributed by atoms with van der Waals surface area (Å²) in [5.41, 5.74) is -0.186. The lowest BCUT2D eigenvalue weighted by Crippen LogP contribution is -2.57. The summed E-state index contributed by atoms with van der Waals surface area (Å²) in [5, 5.41) is 3.75. The predicted molar refractivity (Wildman–Crippen MR) is 64.0 cm³/mol. The summed E-state index contributed by atoms with van der Waals surface area (Å²) >= 11 is 5.95. The molecule has 0 bridgehead atoms. The third-order valence-electron chi connectivity index (χ3n) is 2.84. The van der Waals surface area contributed by atoms with Crippen molar-refractivity contribution in [1.29, 1.82) is 0 Å². The zero-order valence-electron chi connectivity index (χ0n) is 9.53. The number of rotatable bonds is 2. The lowest BCUT2D eigenvalue weighted by Gasteiger charge is -2.35. The van der Waals surface area contributed by atoms with E-state index in [0.717, 1.165) is 5.56 Å². The van der Waals surface area contributed by atoms with Crippen LogP contribution in [-0.2, 0) is 19.8 Å². The van der Waals surface area contributed by atoms with Gasteiger partial charge in [-0.25, -0.2) is 4.79 Å². The zero-order chi connectivity index (χ0) is 12.3. The maximum absolute atomic E-state index is 12.0. The lowest BCUT2D eigenvalue weighted by atomic mass is 9.90. The molecular formula is C12H14ClNO3. The fraction of sp³-hybridized carbons (Fsp3) is 0.417. The average molecular weight is 256 g/mol. The van der Waals surface area contributed by atoms with E-state index in [1.807, 2.05) is 6.07 Å². The predicted octanol–water partition coefficient (Wildman–Crippen LogP) is 1.33. The largest absolute Gasteiger partial charge is 0.467 e. The summed E-state index contributed by atoms with van der Waals surface area (Å²) in [7, 11) is 1.37. The van der Waals surface area contributed by atoms with Gasteiger partial charge in [-0.2, -0.15) is 0 Å². The van der Waals surface area contributed by atoms with Crippen LogP contribution >= 0.6 is 11.6 Å². The molecule has 1 fully saturated rings. The third-order valence-corrected chi connectivity index (χ3v) is 3.08. The molecule has 1 atom stereocenters. The second kappa shape index (κ2) is 5.04. The molecule has 1 unspecified atom stereocenters. The van der Waals surface area contributed by atoms with Crippen LogP contribution in [0.25, 0.3) is 0 Å². The first-order valence-electron chi connectivity index (χ1n) is 5.36. The minimum atomic E-state index is -0.947. The van der Waals surface area contributed by atoms with Gasteiger partial charge in [-0.15, -0.1) is 0 Å². The number of morpholine rings is 1. The van der Waals surface area contributed by atoms with Crippen molar-refractivity contribution in [3.8, 4) is 0 Å². The second-order valence-corrected chi connectivity index (χ2v) is 4.32. The first-order valence-corrected chi connectivity index (χ1v) is 5.74. The van der Waals surface area contributed by atoms with Crippen molar-refractivity contribution < 1.29 is 14.3 Å². The smallest absolute Gasteiger partial charge is 0.333 e. The molecule has 4 nitrogen and oxygen atoms in total. The van der Waals surface area contributed by atoms with E-state index in [4.69, 9.17) is 21.1 Å². The van der Waals surface area contributed by atoms with Gasteiger partial charge in [0.2, 0.25) is 0 Å². The van der Waals surface area contributed by atoms with Gasteiger partial charge in [-0.05, 0) is 17.7 Å². The first kappa shape index (κ1) is 12.4. The number of carbonyl (C=O) groups is 1. The topological polar surface area (TPSA) is 47.6 Å². The van der Waals surface area contributed by atoms with Gasteiger partial charge in [-0.3, -0.25) is 5.32 Å². The normalized spacial score (nSPS) is 24.4. The lowest BCUT2D eigenvalue weighted by molar-refractivity contribution is -0.154. The van der Waals surface area contributed by atoms with Crippen molar-refractivity contribution in [3.63, 3.8) is 0 Å². The van der Waals surface area contributed by atoms with Crippen molar-refractivity contribution in [3.05, 3.63) is 34.9 Å². The zero-order valence-corrected chi connectivity index (χ0v) is 10.3. The Kier molecular flexibility index (Phi) is 3.66. The highest BCUT2D eigenvalue weighted by atomic mass is 35.5. The number of esters is 1. The van der Waals surface area contributed by atoms with E-state index >= 15 is 0 Å². The molecule has 92 valence electrons.